The van der Waals surface area contributed by atoms with E-state index in [-0.39, 0.29) is 36.8 Å². The van der Waals surface area contributed by atoms with Crippen molar-refractivity contribution in [2.45, 2.75) is 57.7 Å². The van der Waals surface area contributed by atoms with E-state index in [0.29, 0.717) is 17.2 Å². The maximum Gasteiger partial charge on any atom is 0.261 e. The van der Waals surface area contributed by atoms with Gasteiger partial charge in [0.15, 0.2) is 6.61 Å². The summed E-state index contributed by atoms with van der Waals surface area (Å²) in [5.41, 5.74) is 2.51. The van der Waals surface area contributed by atoms with E-state index in [9.17, 15) is 14.0 Å². The van der Waals surface area contributed by atoms with Crippen LogP contribution in [0.25, 0.3) is 0 Å². The summed E-state index contributed by atoms with van der Waals surface area (Å²) in [5.74, 6) is -0.358. The Morgan fingerprint density at radius 1 is 1.03 bits per heavy atom. The lowest BCUT2D eigenvalue weighted by Gasteiger charge is -2.32. The number of rotatable bonds is 10. The van der Waals surface area contributed by atoms with E-state index in [4.69, 9.17) is 16.3 Å². The smallest absolute Gasteiger partial charge is 0.261 e. The topological polar surface area (TPSA) is 58.6 Å². The number of nitrogens with zero attached hydrogens (tertiary/aromatic N) is 1. The van der Waals surface area contributed by atoms with Crippen molar-refractivity contribution in [3.05, 3.63) is 100 Å². The first-order chi connectivity index (χ1) is 17.9. The Hall–Kier alpha value is -3.38. The van der Waals surface area contributed by atoms with Crippen LogP contribution in [0.4, 0.5) is 4.39 Å². The van der Waals surface area contributed by atoms with Gasteiger partial charge in [0.2, 0.25) is 5.91 Å². The fraction of sp³-hybridized carbons (Fsp3) is 0.333. The number of aryl methyl sites for hydroxylation is 1. The molecule has 3 aromatic carbocycles. The minimum absolute atomic E-state index is 0.113. The fourth-order valence-corrected chi connectivity index (χ4v) is 4.76. The van der Waals surface area contributed by atoms with Gasteiger partial charge < -0.3 is 15.0 Å². The van der Waals surface area contributed by atoms with E-state index in [1.54, 1.807) is 35.2 Å². The van der Waals surface area contributed by atoms with Gasteiger partial charge >= 0.3 is 0 Å². The molecule has 0 heterocycles. The summed E-state index contributed by atoms with van der Waals surface area (Å²) >= 11 is 6.12. The van der Waals surface area contributed by atoms with Gasteiger partial charge in [-0.3, -0.25) is 9.59 Å². The highest BCUT2D eigenvalue weighted by molar-refractivity contribution is 6.31. The van der Waals surface area contributed by atoms with Crippen LogP contribution in [0.2, 0.25) is 5.02 Å². The number of benzene rings is 3. The zero-order valence-corrected chi connectivity index (χ0v) is 21.7. The second kappa shape index (κ2) is 12.7. The van der Waals surface area contributed by atoms with Gasteiger partial charge in [-0.2, -0.15) is 0 Å². The number of ether oxygens (including phenoxy) is 1. The molecule has 0 aliphatic heterocycles. The van der Waals surface area contributed by atoms with Gasteiger partial charge in [-0.05, 0) is 66.8 Å². The third-order valence-electron chi connectivity index (χ3n) is 6.73. The highest BCUT2D eigenvalue weighted by atomic mass is 35.5. The van der Waals surface area contributed by atoms with Crippen LogP contribution in [0.1, 0.15) is 42.4 Å². The molecule has 37 heavy (non-hydrogen) atoms. The molecule has 0 radical (unpaired) electrons. The molecule has 1 aliphatic carbocycles. The Morgan fingerprint density at radius 2 is 1.73 bits per heavy atom. The minimum atomic E-state index is -0.754. The Balaban J connectivity index is 1.60. The van der Waals surface area contributed by atoms with Crippen LogP contribution in [-0.2, 0) is 22.6 Å². The molecule has 1 unspecified atom stereocenters. The standard InChI is InChI=1S/C30H32ClFN2O3/c1-21-17-26(15-16-27(21)31)37-20-29(35)34(19-23-11-13-24(32)14-12-23)28(18-22-7-3-2-4-8-22)30(36)33-25-9-5-6-10-25/h2-4,7-8,11-17,25,28H,5-6,9-10,18-20H2,1H3,(H,33,36). The Bertz CT molecular complexity index is 1200. The van der Waals surface area contributed by atoms with Gasteiger partial charge in [0, 0.05) is 24.0 Å². The Morgan fingerprint density at radius 3 is 2.41 bits per heavy atom. The quantitative estimate of drug-likeness (QED) is 0.362. The van der Waals surface area contributed by atoms with Crippen molar-refractivity contribution in [2.24, 2.45) is 0 Å². The normalized spacial score (nSPS) is 14.2. The van der Waals surface area contributed by atoms with E-state index < -0.39 is 6.04 Å². The molecule has 1 N–H and O–H groups in total. The molecule has 3 aromatic rings. The van der Waals surface area contributed by atoms with E-state index in [2.05, 4.69) is 5.32 Å². The molecule has 4 rings (SSSR count). The maximum absolute atomic E-state index is 13.6. The number of hydrogen-bond donors (Lipinski definition) is 1. The van der Waals surface area contributed by atoms with E-state index in [1.165, 1.54) is 12.1 Å². The maximum atomic E-state index is 13.6. The van der Waals surface area contributed by atoms with Crippen molar-refractivity contribution in [1.29, 1.82) is 0 Å². The minimum Gasteiger partial charge on any atom is -0.484 e. The van der Waals surface area contributed by atoms with Crippen LogP contribution in [0, 0.1) is 12.7 Å². The highest BCUT2D eigenvalue weighted by Crippen LogP contribution is 2.23. The SMILES string of the molecule is Cc1cc(OCC(=O)N(Cc2ccc(F)cc2)C(Cc2ccccc2)C(=O)NC2CCCC2)ccc1Cl. The number of carbonyl (C=O) groups is 2. The lowest BCUT2D eigenvalue weighted by Crippen LogP contribution is -2.53. The van der Waals surface area contributed by atoms with Crippen LogP contribution >= 0.6 is 11.6 Å². The number of hydrogen-bond acceptors (Lipinski definition) is 3. The second-order valence-corrected chi connectivity index (χ2v) is 9.95. The summed E-state index contributed by atoms with van der Waals surface area (Å²) in [6, 6.07) is 20.2. The third-order valence-corrected chi connectivity index (χ3v) is 7.15. The van der Waals surface area contributed by atoms with Gasteiger partial charge in [0.05, 0.1) is 0 Å². The summed E-state index contributed by atoms with van der Waals surface area (Å²) in [5, 5.41) is 3.78. The summed E-state index contributed by atoms with van der Waals surface area (Å²) in [6.07, 6.45) is 4.40. The molecule has 5 nitrogen and oxygen atoms in total. The second-order valence-electron chi connectivity index (χ2n) is 9.54. The van der Waals surface area contributed by atoms with Gasteiger partial charge in [0.1, 0.15) is 17.6 Å². The summed E-state index contributed by atoms with van der Waals surface area (Å²) in [7, 11) is 0. The van der Waals surface area contributed by atoms with Crippen LogP contribution in [0.3, 0.4) is 0 Å². The average molecular weight is 523 g/mol. The highest BCUT2D eigenvalue weighted by Gasteiger charge is 2.32. The lowest BCUT2D eigenvalue weighted by molar-refractivity contribution is -0.143. The monoisotopic (exact) mass is 522 g/mol. The summed E-state index contributed by atoms with van der Waals surface area (Å²) in [6.45, 7) is 1.77. The lowest BCUT2D eigenvalue weighted by atomic mass is 10.0. The third kappa shape index (κ3) is 7.56. The molecule has 0 aromatic heterocycles. The molecule has 1 atom stereocenters. The molecular formula is C30H32ClFN2O3. The predicted octanol–water partition coefficient (Wildman–Crippen LogP) is 5.87. The van der Waals surface area contributed by atoms with E-state index in [1.807, 2.05) is 37.3 Å². The van der Waals surface area contributed by atoms with Gasteiger partial charge in [-0.25, -0.2) is 4.39 Å². The van der Waals surface area contributed by atoms with Crippen molar-refractivity contribution in [3.63, 3.8) is 0 Å². The first-order valence-corrected chi connectivity index (χ1v) is 13.0. The molecule has 0 bridgehead atoms. The molecule has 2 amide bonds. The van der Waals surface area contributed by atoms with Gasteiger partial charge in [0.25, 0.3) is 5.91 Å². The van der Waals surface area contributed by atoms with Crippen molar-refractivity contribution in [1.82, 2.24) is 10.2 Å². The van der Waals surface area contributed by atoms with Gasteiger partial charge in [-0.15, -0.1) is 0 Å². The summed E-state index contributed by atoms with van der Waals surface area (Å²) < 4.78 is 19.4. The van der Waals surface area contributed by atoms with Crippen LogP contribution < -0.4 is 10.1 Å². The largest absolute Gasteiger partial charge is 0.484 e. The van der Waals surface area contributed by atoms with Crippen molar-refractivity contribution in [3.8, 4) is 5.75 Å². The van der Waals surface area contributed by atoms with Crippen LogP contribution in [0.5, 0.6) is 5.75 Å². The van der Waals surface area contributed by atoms with Crippen LogP contribution in [-0.4, -0.2) is 35.4 Å². The van der Waals surface area contributed by atoms with Gasteiger partial charge in [-0.1, -0.05) is 66.9 Å². The molecule has 1 aliphatic rings. The molecule has 1 saturated carbocycles. The van der Waals surface area contributed by atoms with Crippen molar-refractivity contribution in [2.75, 3.05) is 6.61 Å². The zero-order chi connectivity index (χ0) is 26.2. The molecule has 1 fully saturated rings. The first-order valence-electron chi connectivity index (χ1n) is 12.7. The van der Waals surface area contributed by atoms with Crippen molar-refractivity contribution >= 4 is 23.4 Å². The molecular weight excluding hydrogens is 491 g/mol. The first kappa shape index (κ1) is 26.7. The van der Waals surface area contributed by atoms with E-state index in [0.717, 1.165) is 42.4 Å². The number of nitrogens with one attached hydrogen (secondary N) is 1. The van der Waals surface area contributed by atoms with Crippen LogP contribution in [0.15, 0.2) is 72.8 Å². The number of carbonyl (C=O) groups excluding carboxylic acids is 2. The Labute approximate surface area is 222 Å². The molecule has 7 heteroatoms. The number of amides is 2. The average Bonchev–Trinajstić information content (AvgIpc) is 3.41. The molecule has 194 valence electrons. The number of halogens is 2. The Kier molecular flexibility index (Phi) is 9.18. The molecule has 0 spiro atoms. The predicted molar refractivity (Wildman–Crippen MR) is 143 cm³/mol. The van der Waals surface area contributed by atoms with E-state index >= 15 is 0 Å². The zero-order valence-electron chi connectivity index (χ0n) is 21.0. The fourth-order valence-electron chi connectivity index (χ4n) is 4.64. The molecule has 0 saturated heterocycles. The van der Waals surface area contributed by atoms with Crippen molar-refractivity contribution < 1.29 is 18.7 Å². The summed E-state index contributed by atoms with van der Waals surface area (Å²) in [4.78, 5) is 28.8.